The van der Waals surface area contributed by atoms with E-state index in [1.54, 1.807) is 36.3 Å². The number of amides is 1. The Hall–Kier alpha value is -3.05. The van der Waals surface area contributed by atoms with E-state index < -0.39 is 10.9 Å². The maximum atomic E-state index is 13.2. The molecule has 1 aromatic heterocycles. The van der Waals surface area contributed by atoms with Crippen LogP contribution in [0, 0.1) is 0 Å². The molecule has 1 saturated heterocycles. The summed E-state index contributed by atoms with van der Waals surface area (Å²) in [6, 6.07) is 16.6. The number of benzene rings is 2. The summed E-state index contributed by atoms with van der Waals surface area (Å²) < 4.78 is 26.4. The molecule has 0 spiro atoms. The first-order valence-electron chi connectivity index (χ1n) is 11.4. The van der Waals surface area contributed by atoms with Crippen molar-refractivity contribution >= 4 is 33.4 Å². The summed E-state index contributed by atoms with van der Waals surface area (Å²) in [4.78, 5) is 21.4. The Morgan fingerprint density at radius 2 is 2.06 bits per heavy atom. The summed E-state index contributed by atoms with van der Waals surface area (Å²) >= 11 is 0. The molecule has 35 heavy (non-hydrogen) atoms. The summed E-state index contributed by atoms with van der Waals surface area (Å²) in [6.45, 7) is 1.87. The van der Waals surface area contributed by atoms with E-state index in [-0.39, 0.29) is 24.7 Å². The predicted octanol–water partition coefficient (Wildman–Crippen LogP) is 3.22. The molecule has 1 aliphatic heterocycles. The van der Waals surface area contributed by atoms with Gasteiger partial charge in [0.25, 0.3) is 5.91 Å². The fourth-order valence-corrected chi connectivity index (χ4v) is 4.60. The van der Waals surface area contributed by atoms with Crippen LogP contribution in [0.2, 0.25) is 0 Å². The van der Waals surface area contributed by atoms with Crippen LogP contribution in [-0.4, -0.2) is 72.3 Å². The summed E-state index contributed by atoms with van der Waals surface area (Å²) in [7, 11) is 1.26. The van der Waals surface area contributed by atoms with Crippen LogP contribution in [0.5, 0.6) is 5.75 Å². The fourth-order valence-electron chi connectivity index (χ4n) is 4.21. The number of fused-ring (bicyclic) bond motifs is 1. The summed E-state index contributed by atoms with van der Waals surface area (Å²) in [6.07, 6.45) is 2.03. The number of hydrogen-bond acceptors (Lipinski definition) is 9. The molecule has 9 nitrogen and oxygen atoms in total. The first-order valence-corrected chi connectivity index (χ1v) is 12.4. The van der Waals surface area contributed by atoms with Gasteiger partial charge in [-0.2, -0.15) is 0 Å². The molecule has 1 amide bonds. The van der Waals surface area contributed by atoms with E-state index >= 15 is 0 Å². The second-order valence-corrected chi connectivity index (χ2v) is 9.33. The minimum Gasteiger partial charge on any atom is -0.483 e. The lowest BCUT2D eigenvalue weighted by Crippen LogP contribution is -2.40. The second kappa shape index (κ2) is 11.6. The van der Waals surface area contributed by atoms with Crippen LogP contribution < -0.4 is 4.74 Å². The first-order chi connectivity index (χ1) is 17.0. The molecule has 1 fully saturated rings. The van der Waals surface area contributed by atoms with Gasteiger partial charge < -0.3 is 27.5 Å². The summed E-state index contributed by atoms with van der Waals surface area (Å²) in [5, 5.41) is 10.6. The number of hydrogen-bond donors (Lipinski definition) is 1. The third-order valence-electron chi connectivity index (χ3n) is 6.10. The van der Waals surface area contributed by atoms with E-state index in [2.05, 4.69) is 14.2 Å². The highest BCUT2D eigenvalue weighted by Crippen LogP contribution is 2.32. The molecule has 0 aliphatic carbocycles. The Morgan fingerprint density at radius 1 is 1.26 bits per heavy atom. The molecule has 0 bridgehead atoms. The molecule has 2 heterocycles. The van der Waals surface area contributed by atoms with Crippen molar-refractivity contribution in [2.24, 2.45) is 4.36 Å². The summed E-state index contributed by atoms with van der Waals surface area (Å²) in [5.74, 6) is 0.306. The Bertz CT molecular complexity index is 1250. The van der Waals surface area contributed by atoms with Crippen LogP contribution in [0.1, 0.15) is 18.0 Å². The first kappa shape index (κ1) is 25.1. The van der Waals surface area contributed by atoms with Gasteiger partial charge in [-0.3, -0.25) is 14.7 Å². The van der Waals surface area contributed by atoms with Crippen molar-refractivity contribution in [1.82, 2.24) is 14.8 Å². The van der Waals surface area contributed by atoms with Crippen molar-refractivity contribution in [3.8, 4) is 5.75 Å². The molecule has 1 unspecified atom stereocenters. The van der Waals surface area contributed by atoms with Crippen molar-refractivity contribution in [3.05, 3.63) is 66.4 Å². The number of rotatable bonds is 9. The molecule has 10 heteroatoms. The maximum absolute atomic E-state index is 13.2. The van der Waals surface area contributed by atoms with E-state index in [9.17, 15) is 14.1 Å². The molecular formula is C25H29N4O5S-. The van der Waals surface area contributed by atoms with E-state index in [0.29, 0.717) is 35.4 Å². The number of likely N-dealkylation sites (tertiary alicyclic amines) is 1. The van der Waals surface area contributed by atoms with Crippen molar-refractivity contribution in [2.45, 2.75) is 18.6 Å². The lowest BCUT2D eigenvalue weighted by atomic mass is 10.0. The topological polar surface area (TPSA) is 105 Å². The van der Waals surface area contributed by atoms with Crippen LogP contribution in [-0.2, 0) is 24.1 Å². The Kier molecular flexibility index (Phi) is 8.29. The number of aliphatic hydroxyl groups excluding tert-OH is 1. The minimum absolute atomic E-state index is 0.160. The number of β-amino-alcohol motifs (C(OH)–C–C–N with tert-alkyl or cyclic N) is 1. The molecule has 1 N–H and O–H groups in total. The van der Waals surface area contributed by atoms with Crippen molar-refractivity contribution in [1.29, 1.82) is 0 Å². The highest BCUT2D eigenvalue weighted by molar-refractivity contribution is 7.69. The van der Waals surface area contributed by atoms with Gasteiger partial charge in [-0.05, 0) is 36.2 Å². The largest absolute Gasteiger partial charge is 0.483 e. The van der Waals surface area contributed by atoms with E-state index in [1.807, 2.05) is 36.4 Å². The molecule has 0 saturated carbocycles. The molecule has 0 radical (unpaired) electrons. The number of ether oxygens (including phenoxy) is 1. The van der Waals surface area contributed by atoms with Crippen LogP contribution in [0.25, 0.3) is 10.9 Å². The number of pyridine rings is 1. The molecular weight excluding hydrogens is 468 g/mol. The smallest absolute Gasteiger partial charge is 0.260 e. The van der Waals surface area contributed by atoms with Gasteiger partial charge in [0.15, 0.2) is 6.61 Å². The van der Waals surface area contributed by atoms with Gasteiger partial charge in [-0.15, -0.1) is 0 Å². The van der Waals surface area contributed by atoms with Crippen LogP contribution in [0.15, 0.2) is 65.2 Å². The lowest BCUT2D eigenvalue weighted by Gasteiger charge is -2.32. The quantitative estimate of drug-likeness (QED) is 0.453. The number of carbonyl (C=O) groups is 1. The van der Waals surface area contributed by atoms with Crippen molar-refractivity contribution < 1.29 is 23.0 Å². The minimum atomic E-state index is -1.82. The highest BCUT2D eigenvalue weighted by atomic mass is 32.2. The van der Waals surface area contributed by atoms with Crippen molar-refractivity contribution in [3.63, 3.8) is 0 Å². The highest BCUT2D eigenvalue weighted by Gasteiger charge is 2.28. The van der Waals surface area contributed by atoms with Gasteiger partial charge in [0, 0.05) is 45.4 Å². The monoisotopic (exact) mass is 497 g/mol. The summed E-state index contributed by atoms with van der Waals surface area (Å²) in [5.41, 5.74) is 1.94. The van der Waals surface area contributed by atoms with E-state index in [4.69, 9.17) is 8.92 Å². The van der Waals surface area contributed by atoms with E-state index in [1.165, 1.54) is 7.11 Å². The third kappa shape index (κ3) is 6.15. The molecule has 4 rings (SSSR count). The molecule has 2 atom stereocenters. The number of carbonyl (C=O) groups excluding carboxylic acids is 1. The second-order valence-electron chi connectivity index (χ2n) is 8.38. The number of likely N-dealkylation sites (N-methyl/N-ethyl adjacent to an activating group) is 1. The molecule has 1 aliphatic rings. The third-order valence-corrected chi connectivity index (χ3v) is 6.73. The normalized spacial score (nSPS) is 18.0. The van der Waals surface area contributed by atoms with Crippen LogP contribution >= 0.6 is 0 Å². The predicted molar refractivity (Wildman–Crippen MR) is 133 cm³/mol. The maximum Gasteiger partial charge on any atom is 0.260 e. The average molecular weight is 498 g/mol. The Balaban J connectivity index is 1.51. The fraction of sp³-hybridized carbons (Fsp3) is 0.360. The van der Waals surface area contributed by atoms with Gasteiger partial charge in [0.05, 0.1) is 23.3 Å². The van der Waals surface area contributed by atoms with Gasteiger partial charge in [-0.25, -0.2) is 0 Å². The zero-order valence-corrected chi connectivity index (χ0v) is 20.6. The zero-order valence-electron chi connectivity index (χ0n) is 19.7. The molecule has 186 valence electrons. The Labute approximate surface area is 206 Å². The average Bonchev–Trinajstić information content (AvgIpc) is 3.31. The van der Waals surface area contributed by atoms with Crippen molar-refractivity contribution in [2.75, 3.05) is 40.4 Å². The van der Waals surface area contributed by atoms with Gasteiger partial charge in [0.1, 0.15) is 5.75 Å². The van der Waals surface area contributed by atoms with Gasteiger partial charge in [0.2, 0.25) is 0 Å². The van der Waals surface area contributed by atoms with Crippen LogP contribution in [0.3, 0.4) is 0 Å². The lowest BCUT2D eigenvalue weighted by molar-refractivity contribution is -0.134. The van der Waals surface area contributed by atoms with Gasteiger partial charge >= 0.3 is 0 Å². The van der Waals surface area contributed by atoms with E-state index in [0.717, 1.165) is 18.5 Å². The molecule has 2 aromatic carbocycles. The number of nitrogens with zero attached hydrogens (tertiary/aromatic N) is 4. The number of aliphatic hydroxyl groups is 1. The zero-order chi connectivity index (χ0) is 24.8. The van der Waals surface area contributed by atoms with Gasteiger partial charge in [-0.1, -0.05) is 41.2 Å². The van der Waals surface area contributed by atoms with Crippen LogP contribution in [0.4, 0.5) is 5.69 Å². The number of aromatic nitrogens is 1. The standard InChI is InChI=1S/C25H29N4O5S/c1-28(22(18-7-4-3-5-8-18)16-29-14-12-19(30)15-29)24(31)17-34-23-11-10-21(27-35(32)33-2)25-20(23)9-6-13-26-25/h3-11,13,19,22,30H,12,14-17H2,1-2H3/q-1/t19-,22?/m0/s1. The molecule has 3 aromatic rings. The Morgan fingerprint density at radius 3 is 2.77 bits per heavy atom. The SMILES string of the molecule is CO[S-](=O)=Nc1ccc(OCC(=O)N(C)C(CN2CC[C@H](O)C2)c2ccccc2)c2cccnc12.